The van der Waals surface area contributed by atoms with Gasteiger partial charge in [-0.15, -0.1) is 21.5 Å². The molecular weight excluding hydrogens is 386 g/mol. The van der Waals surface area contributed by atoms with E-state index in [4.69, 9.17) is 4.74 Å². The van der Waals surface area contributed by atoms with Crippen molar-refractivity contribution >= 4 is 22.9 Å². The highest BCUT2D eigenvalue weighted by Gasteiger charge is 2.26. The van der Waals surface area contributed by atoms with Crippen LogP contribution >= 0.6 is 11.3 Å². The molecule has 2 N–H and O–H groups in total. The first-order chi connectivity index (χ1) is 14.2. The number of hydrogen-bond acceptors (Lipinski definition) is 6. The van der Waals surface area contributed by atoms with Gasteiger partial charge in [-0.25, -0.2) is 0 Å². The summed E-state index contributed by atoms with van der Waals surface area (Å²) >= 11 is 1.79. The predicted octanol–water partition coefficient (Wildman–Crippen LogP) is 1.92. The van der Waals surface area contributed by atoms with Crippen LogP contribution in [-0.2, 0) is 11.3 Å². The summed E-state index contributed by atoms with van der Waals surface area (Å²) < 4.78 is 7.70. The quantitative estimate of drug-likeness (QED) is 0.475. The molecule has 2 unspecified atom stereocenters. The Bertz CT molecular complexity index is 939. The van der Waals surface area contributed by atoms with E-state index >= 15 is 0 Å². The van der Waals surface area contributed by atoms with Gasteiger partial charge in [-0.05, 0) is 30.5 Å². The molecule has 0 radical (unpaired) electrons. The fourth-order valence-corrected chi connectivity index (χ4v) is 4.47. The second kappa shape index (κ2) is 9.34. The van der Waals surface area contributed by atoms with Crippen LogP contribution in [0.5, 0.6) is 0 Å². The Kier molecular flexibility index (Phi) is 6.38. The van der Waals surface area contributed by atoms with E-state index in [9.17, 15) is 0 Å². The Morgan fingerprint density at radius 2 is 2.24 bits per heavy atom. The molecule has 1 aliphatic heterocycles. The molecule has 29 heavy (non-hydrogen) atoms. The number of nitrogens with zero attached hydrogens (tertiary/aromatic N) is 5. The lowest BCUT2D eigenvalue weighted by atomic mass is 10.1. The lowest BCUT2D eigenvalue weighted by Crippen LogP contribution is -2.48. The molecule has 0 aromatic carbocycles. The van der Waals surface area contributed by atoms with Crippen LogP contribution in [0.2, 0.25) is 0 Å². The third-order valence-electron chi connectivity index (χ3n) is 5.07. The molecule has 9 heteroatoms. The van der Waals surface area contributed by atoms with Crippen molar-refractivity contribution in [2.75, 3.05) is 33.3 Å². The van der Waals surface area contributed by atoms with Crippen LogP contribution in [0.1, 0.15) is 23.7 Å². The lowest BCUT2D eigenvalue weighted by molar-refractivity contribution is -0.0334. The highest BCUT2D eigenvalue weighted by atomic mass is 32.1. The van der Waals surface area contributed by atoms with Gasteiger partial charge in [0.25, 0.3) is 0 Å². The van der Waals surface area contributed by atoms with E-state index in [0.717, 1.165) is 43.7 Å². The van der Waals surface area contributed by atoms with Crippen molar-refractivity contribution < 1.29 is 4.74 Å². The average molecular weight is 414 g/mol. The number of aliphatic imine (C=N–C) groups is 1. The molecule has 0 bridgehead atoms. The number of hydrogen-bond donors (Lipinski definition) is 2. The summed E-state index contributed by atoms with van der Waals surface area (Å²) in [6.07, 6.45) is 2.22. The number of thiophene rings is 1. The summed E-state index contributed by atoms with van der Waals surface area (Å²) in [5, 5.41) is 17.4. The van der Waals surface area contributed by atoms with Crippen LogP contribution in [0.15, 0.2) is 46.9 Å². The van der Waals surface area contributed by atoms with E-state index in [2.05, 4.69) is 55.2 Å². The topological polar surface area (TPSA) is 79.1 Å². The van der Waals surface area contributed by atoms with E-state index in [-0.39, 0.29) is 12.1 Å². The summed E-state index contributed by atoms with van der Waals surface area (Å²) in [5.74, 6) is 1.60. The molecule has 0 spiro atoms. The third-order valence-corrected chi connectivity index (χ3v) is 6.04. The highest BCUT2D eigenvalue weighted by molar-refractivity contribution is 7.10. The van der Waals surface area contributed by atoms with Crippen molar-refractivity contribution in [1.82, 2.24) is 30.1 Å². The zero-order valence-electron chi connectivity index (χ0n) is 16.8. The zero-order chi connectivity index (χ0) is 20.1. The minimum Gasteiger partial charge on any atom is -0.376 e. The van der Waals surface area contributed by atoms with Gasteiger partial charge in [0.15, 0.2) is 17.4 Å². The molecule has 1 fully saturated rings. The second-order valence-corrected chi connectivity index (χ2v) is 8.04. The summed E-state index contributed by atoms with van der Waals surface area (Å²) in [7, 11) is 1.79. The van der Waals surface area contributed by atoms with Crippen molar-refractivity contribution in [2.45, 2.75) is 25.6 Å². The molecule has 3 aromatic heterocycles. The van der Waals surface area contributed by atoms with Gasteiger partial charge in [0.1, 0.15) is 0 Å². The molecule has 3 aromatic rings. The summed E-state index contributed by atoms with van der Waals surface area (Å²) in [5.41, 5.74) is 0.839. The van der Waals surface area contributed by atoms with Crippen molar-refractivity contribution in [3.8, 4) is 0 Å². The molecular formula is C20H27N7OS. The number of morpholine rings is 1. The largest absolute Gasteiger partial charge is 0.376 e. The third kappa shape index (κ3) is 4.75. The number of nitrogens with one attached hydrogen (secondary N) is 2. The normalized spacial score (nSPS) is 19.4. The van der Waals surface area contributed by atoms with Gasteiger partial charge in [0.2, 0.25) is 0 Å². The first-order valence-corrected chi connectivity index (χ1v) is 10.7. The van der Waals surface area contributed by atoms with Crippen LogP contribution in [-0.4, -0.2) is 64.9 Å². The number of fused-ring (bicyclic) bond motifs is 1. The fourth-order valence-electron chi connectivity index (χ4n) is 3.61. The second-order valence-electron chi connectivity index (χ2n) is 7.06. The van der Waals surface area contributed by atoms with Gasteiger partial charge in [0.05, 0.1) is 25.3 Å². The standard InChI is InChI=1S/C20H27N7OS/c1-15-14-26(9-10-28-15)16(17-6-5-11-29-17)12-22-20(21-2)23-13-19-25-24-18-7-3-4-8-27(18)19/h3-8,11,15-16H,9-10,12-14H2,1-2H3,(H2,21,22,23). The maximum Gasteiger partial charge on any atom is 0.191 e. The molecule has 1 aliphatic rings. The monoisotopic (exact) mass is 413 g/mol. The SMILES string of the molecule is CN=C(NCc1nnc2ccccn12)NCC(c1cccs1)N1CCOC(C)C1. The molecule has 1 saturated heterocycles. The fraction of sp³-hybridized carbons (Fsp3) is 0.450. The smallest absolute Gasteiger partial charge is 0.191 e. The molecule has 4 rings (SSSR count). The summed E-state index contributed by atoms with van der Waals surface area (Å²) in [4.78, 5) is 8.22. The van der Waals surface area contributed by atoms with Gasteiger partial charge in [-0.2, -0.15) is 0 Å². The molecule has 4 heterocycles. The lowest BCUT2D eigenvalue weighted by Gasteiger charge is -2.37. The molecule has 0 aliphatic carbocycles. The minimum absolute atomic E-state index is 0.255. The van der Waals surface area contributed by atoms with Gasteiger partial charge in [0, 0.05) is 37.8 Å². The minimum atomic E-state index is 0.255. The van der Waals surface area contributed by atoms with Crippen LogP contribution in [0, 0.1) is 0 Å². The number of guanidine groups is 1. The zero-order valence-corrected chi connectivity index (χ0v) is 17.6. The number of rotatable bonds is 6. The van der Waals surface area contributed by atoms with Crippen molar-refractivity contribution in [2.24, 2.45) is 4.99 Å². The average Bonchev–Trinajstić information content (AvgIpc) is 3.41. The molecule has 2 atom stereocenters. The summed E-state index contributed by atoms with van der Waals surface area (Å²) in [6.45, 7) is 6.09. The van der Waals surface area contributed by atoms with Crippen LogP contribution in [0.4, 0.5) is 0 Å². The van der Waals surface area contributed by atoms with Gasteiger partial charge in [-0.3, -0.25) is 14.3 Å². The number of ether oxygens (including phenoxy) is 1. The van der Waals surface area contributed by atoms with E-state index in [1.807, 2.05) is 28.8 Å². The van der Waals surface area contributed by atoms with Gasteiger partial charge in [-0.1, -0.05) is 12.1 Å². The highest BCUT2D eigenvalue weighted by Crippen LogP contribution is 2.26. The molecule has 0 saturated carbocycles. The van der Waals surface area contributed by atoms with E-state index in [1.54, 1.807) is 18.4 Å². The first-order valence-electron chi connectivity index (χ1n) is 9.87. The Balaban J connectivity index is 1.39. The predicted molar refractivity (Wildman–Crippen MR) is 115 cm³/mol. The van der Waals surface area contributed by atoms with E-state index < -0.39 is 0 Å². The Morgan fingerprint density at radius 3 is 3.03 bits per heavy atom. The Hall–Kier alpha value is -2.49. The number of aromatic nitrogens is 3. The molecule has 154 valence electrons. The van der Waals surface area contributed by atoms with Crippen LogP contribution in [0.25, 0.3) is 5.65 Å². The van der Waals surface area contributed by atoms with Gasteiger partial charge >= 0.3 is 0 Å². The van der Waals surface area contributed by atoms with Crippen LogP contribution < -0.4 is 10.6 Å². The van der Waals surface area contributed by atoms with Gasteiger partial charge < -0.3 is 15.4 Å². The maximum atomic E-state index is 5.73. The van der Waals surface area contributed by atoms with Crippen molar-refractivity contribution in [1.29, 1.82) is 0 Å². The van der Waals surface area contributed by atoms with E-state index in [0.29, 0.717) is 6.54 Å². The maximum absolute atomic E-state index is 5.73. The van der Waals surface area contributed by atoms with E-state index in [1.165, 1.54) is 4.88 Å². The Morgan fingerprint density at radius 1 is 1.31 bits per heavy atom. The first kappa shape index (κ1) is 19.8. The Labute approximate surface area is 174 Å². The van der Waals surface area contributed by atoms with Crippen LogP contribution in [0.3, 0.4) is 0 Å². The molecule has 8 nitrogen and oxygen atoms in total. The summed E-state index contributed by atoms with van der Waals surface area (Å²) in [6, 6.07) is 10.5. The number of pyridine rings is 1. The van der Waals surface area contributed by atoms with Crippen molar-refractivity contribution in [3.63, 3.8) is 0 Å². The van der Waals surface area contributed by atoms with Crippen molar-refractivity contribution in [3.05, 3.63) is 52.6 Å². The molecule has 0 amide bonds.